The van der Waals surface area contributed by atoms with E-state index in [2.05, 4.69) is 10.3 Å². The molecule has 1 unspecified atom stereocenters. The molecule has 0 aliphatic heterocycles. The fourth-order valence-corrected chi connectivity index (χ4v) is 2.62. The minimum absolute atomic E-state index is 0.0140. The van der Waals surface area contributed by atoms with Crippen LogP contribution in [0.5, 0.6) is 0 Å². The molecular weight excluding hydrogens is 280 g/mol. The van der Waals surface area contributed by atoms with Crippen molar-refractivity contribution in [2.75, 3.05) is 6.61 Å². The van der Waals surface area contributed by atoms with Gasteiger partial charge in [-0.25, -0.2) is 4.98 Å². The summed E-state index contributed by atoms with van der Waals surface area (Å²) in [7, 11) is 0. The first-order valence-corrected chi connectivity index (χ1v) is 7.61. The number of aliphatic hydroxyl groups excluding tert-OH is 1. The van der Waals surface area contributed by atoms with Crippen molar-refractivity contribution >= 4 is 5.91 Å². The number of nitrogens with one attached hydrogen (secondary N) is 1. The second-order valence-corrected chi connectivity index (χ2v) is 5.83. The summed E-state index contributed by atoms with van der Waals surface area (Å²) in [5.74, 6) is 0.719. The number of hydrogen-bond donors (Lipinski definition) is 2. The summed E-state index contributed by atoms with van der Waals surface area (Å²) in [6.07, 6.45) is 4.08. The molecule has 1 aromatic heterocycles. The Balaban J connectivity index is 1.78. The number of aliphatic hydroxyl groups is 1. The molecule has 5 heteroatoms. The highest BCUT2D eigenvalue weighted by molar-refractivity contribution is 5.97. The third kappa shape index (κ3) is 3.20. The van der Waals surface area contributed by atoms with Gasteiger partial charge in [0.15, 0.2) is 17.8 Å². The second-order valence-electron chi connectivity index (χ2n) is 5.83. The Morgan fingerprint density at radius 1 is 1.41 bits per heavy atom. The molecule has 1 heterocycles. The highest BCUT2D eigenvalue weighted by Gasteiger charge is 2.33. The Kier molecular flexibility index (Phi) is 4.24. The Labute approximate surface area is 129 Å². The van der Waals surface area contributed by atoms with E-state index in [0.29, 0.717) is 23.8 Å². The van der Waals surface area contributed by atoms with Crippen molar-refractivity contribution in [3.8, 4) is 11.3 Å². The highest BCUT2D eigenvalue weighted by Crippen LogP contribution is 2.34. The van der Waals surface area contributed by atoms with Gasteiger partial charge in [-0.05, 0) is 32.1 Å². The van der Waals surface area contributed by atoms with Gasteiger partial charge in [0.1, 0.15) is 0 Å². The maximum absolute atomic E-state index is 12.5. The topological polar surface area (TPSA) is 75.4 Å². The van der Waals surface area contributed by atoms with E-state index in [1.54, 1.807) is 0 Å². The van der Waals surface area contributed by atoms with E-state index in [1.165, 1.54) is 6.39 Å². The molecule has 2 aromatic rings. The van der Waals surface area contributed by atoms with Gasteiger partial charge in [0, 0.05) is 18.2 Å². The van der Waals surface area contributed by atoms with Gasteiger partial charge in [-0.3, -0.25) is 4.79 Å². The molecule has 1 fully saturated rings. The van der Waals surface area contributed by atoms with Crippen molar-refractivity contribution in [1.82, 2.24) is 10.3 Å². The van der Waals surface area contributed by atoms with E-state index in [0.717, 1.165) is 24.0 Å². The Bertz CT molecular complexity index is 644. The van der Waals surface area contributed by atoms with E-state index in [4.69, 9.17) is 9.52 Å². The molecule has 1 aliphatic rings. The van der Waals surface area contributed by atoms with Crippen molar-refractivity contribution in [3.05, 3.63) is 41.9 Å². The largest absolute Gasteiger partial charge is 0.443 e. The zero-order chi connectivity index (χ0) is 15.5. The number of benzene rings is 1. The molecule has 1 atom stereocenters. The van der Waals surface area contributed by atoms with Crippen LogP contribution in [0.1, 0.15) is 35.3 Å². The van der Waals surface area contributed by atoms with Gasteiger partial charge in [0.25, 0.3) is 5.91 Å². The van der Waals surface area contributed by atoms with Crippen LogP contribution in [-0.2, 0) is 0 Å². The molecule has 0 saturated heterocycles. The molecule has 22 heavy (non-hydrogen) atoms. The summed E-state index contributed by atoms with van der Waals surface area (Å²) in [6.45, 7) is 2.08. The average molecular weight is 300 g/mol. The van der Waals surface area contributed by atoms with Crippen molar-refractivity contribution < 1.29 is 14.3 Å². The van der Waals surface area contributed by atoms with Gasteiger partial charge >= 0.3 is 0 Å². The first-order valence-electron chi connectivity index (χ1n) is 7.61. The molecule has 3 rings (SSSR count). The number of aromatic nitrogens is 1. The lowest BCUT2D eigenvalue weighted by atomic mass is 10.1. The first kappa shape index (κ1) is 14.8. The normalized spacial score (nSPS) is 15.5. The summed E-state index contributed by atoms with van der Waals surface area (Å²) in [4.78, 5) is 16.5. The standard InChI is InChI=1S/C17H20N2O3/c1-11-2-4-13(5-3-11)16-15(18-10-22-16)17(21)19-14(8-9-20)12-6-7-12/h2-5,10,12,14,20H,6-9H2,1H3,(H,19,21). The SMILES string of the molecule is Cc1ccc(-c2ocnc2C(=O)NC(CCO)C2CC2)cc1. The average Bonchev–Trinajstić information content (AvgIpc) is 3.24. The predicted molar refractivity (Wildman–Crippen MR) is 82.4 cm³/mol. The molecule has 1 amide bonds. The quantitative estimate of drug-likeness (QED) is 0.859. The number of carbonyl (C=O) groups is 1. The Hall–Kier alpha value is -2.14. The number of oxazole rings is 1. The number of hydrogen-bond acceptors (Lipinski definition) is 4. The van der Waals surface area contributed by atoms with Crippen LogP contribution >= 0.6 is 0 Å². The summed E-state index contributed by atoms with van der Waals surface area (Å²) >= 11 is 0. The van der Waals surface area contributed by atoms with Gasteiger partial charge in [0.2, 0.25) is 0 Å². The molecule has 5 nitrogen and oxygen atoms in total. The van der Waals surface area contributed by atoms with Crippen LogP contribution in [0.15, 0.2) is 35.1 Å². The van der Waals surface area contributed by atoms with Crippen LogP contribution in [0.4, 0.5) is 0 Å². The summed E-state index contributed by atoms with van der Waals surface area (Å²) in [6, 6.07) is 7.79. The number of rotatable bonds is 6. The van der Waals surface area contributed by atoms with Crippen LogP contribution in [0.2, 0.25) is 0 Å². The lowest BCUT2D eigenvalue weighted by molar-refractivity contribution is 0.0920. The zero-order valence-electron chi connectivity index (χ0n) is 12.6. The third-order valence-corrected chi connectivity index (χ3v) is 4.04. The molecular formula is C17H20N2O3. The van der Waals surface area contributed by atoms with Gasteiger partial charge < -0.3 is 14.8 Å². The minimum Gasteiger partial charge on any atom is -0.443 e. The van der Waals surface area contributed by atoms with E-state index in [9.17, 15) is 4.79 Å². The van der Waals surface area contributed by atoms with Crippen LogP contribution in [0.3, 0.4) is 0 Å². The monoisotopic (exact) mass is 300 g/mol. The van der Waals surface area contributed by atoms with Crippen LogP contribution in [0.25, 0.3) is 11.3 Å². The van der Waals surface area contributed by atoms with Crippen molar-refractivity contribution in [3.63, 3.8) is 0 Å². The molecule has 0 bridgehead atoms. The molecule has 1 aliphatic carbocycles. The first-order chi connectivity index (χ1) is 10.7. The van der Waals surface area contributed by atoms with E-state index < -0.39 is 0 Å². The second kappa shape index (κ2) is 6.32. The van der Waals surface area contributed by atoms with Crippen LogP contribution in [0, 0.1) is 12.8 Å². The van der Waals surface area contributed by atoms with Crippen molar-refractivity contribution in [1.29, 1.82) is 0 Å². The smallest absolute Gasteiger partial charge is 0.274 e. The third-order valence-electron chi connectivity index (χ3n) is 4.04. The molecule has 116 valence electrons. The van der Waals surface area contributed by atoms with Gasteiger partial charge in [0.05, 0.1) is 0 Å². The lowest BCUT2D eigenvalue weighted by Gasteiger charge is -2.16. The number of carbonyl (C=O) groups excluding carboxylic acids is 1. The summed E-state index contributed by atoms with van der Waals surface area (Å²) in [5, 5.41) is 12.1. The van der Waals surface area contributed by atoms with E-state index in [-0.39, 0.29) is 18.6 Å². The highest BCUT2D eigenvalue weighted by atomic mass is 16.3. The molecule has 1 saturated carbocycles. The minimum atomic E-state index is -0.241. The van der Waals surface area contributed by atoms with Crippen molar-refractivity contribution in [2.24, 2.45) is 5.92 Å². The summed E-state index contributed by atoms with van der Waals surface area (Å²) in [5.41, 5.74) is 2.27. The van der Waals surface area contributed by atoms with Crippen molar-refractivity contribution in [2.45, 2.75) is 32.2 Å². The zero-order valence-corrected chi connectivity index (χ0v) is 12.6. The lowest BCUT2D eigenvalue weighted by Crippen LogP contribution is -2.37. The van der Waals surface area contributed by atoms with Gasteiger partial charge in [-0.15, -0.1) is 0 Å². The molecule has 0 radical (unpaired) electrons. The van der Waals surface area contributed by atoms with Crippen LogP contribution in [-0.4, -0.2) is 28.6 Å². The number of nitrogens with zero attached hydrogens (tertiary/aromatic N) is 1. The predicted octanol–water partition coefficient (Wildman–Crippen LogP) is 2.54. The van der Waals surface area contributed by atoms with Crippen LogP contribution < -0.4 is 5.32 Å². The maximum Gasteiger partial charge on any atom is 0.274 e. The number of aryl methyl sites for hydroxylation is 1. The summed E-state index contributed by atoms with van der Waals surface area (Å²) < 4.78 is 5.41. The number of amides is 1. The molecule has 2 N–H and O–H groups in total. The Morgan fingerprint density at radius 2 is 2.14 bits per heavy atom. The van der Waals surface area contributed by atoms with Gasteiger partial charge in [-0.1, -0.05) is 29.8 Å². The fraction of sp³-hybridized carbons (Fsp3) is 0.412. The van der Waals surface area contributed by atoms with Gasteiger partial charge in [-0.2, -0.15) is 0 Å². The maximum atomic E-state index is 12.5. The fourth-order valence-electron chi connectivity index (χ4n) is 2.62. The van der Waals surface area contributed by atoms with E-state index >= 15 is 0 Å². The molecule has 1 aromatic carbocycles. The Morgan fingerprint density at radius 3 is 2.77 bits per heavy atom. The molecule has 0 spiro atoms. The van der Waals surface area contributed by atoms with E-state index in [1.807, 2.05) is 31.2 Å².